The minimum Gasteiger partial charge on any atom is -0.309 e. The molecule has 17 heavy (non-hydrogen) atoms. The van der Waals surface area contributed by atoms with Gasteiger partial charge in [-0.3, -0.25) is 0 Å². The topological polar surface area (TPSA) is 30.3 Å². The molecular weight excluding hydrogens is 210 g/mol. The summed E-state index contributed by atoms with van der Waals surface area (Å²) in [7, 11) is 4.26. The molecular formula is C14H27N3. The lowest BCUT2D eigenvalue weighted by molar-refractivity contribution is 0.0557. The second-order valence-corrected chi connectivity index (χ2v) is 6.27. The molecule has 0 aromatic rings. The molecule has 0 bridgehead atoms. The van der Waals surface area contributed by atoms with Crippen molar-refractivity contribution in [2.75, 3.05) is 40.3 Å². The SMILES string of the molecule is CN(C)CCCN1CCC(CC#N)C(C)(C)C1. The smallest absolute Gasteiger partial charge is 0.0624 e. The molecule has 0 spiro atoms. The molecule has 0 aromatic carbocycles. The van der Waals surface area contributed by atoms with Crippen LogP contribution in [0.1, 0.15) is 33.1 Å². The maximum absolute atomic E-state index is 8.85. The van der Waals surface area contributed by atoms with Crippen LogP contribution in [0.15, 0.2) is 0 Å². The lowest BCUT2D eigenvalue weighted by atomic mass is 9.72. The quantitative estimate of drug-likeness (QED) is 0.734. The summed E-state index contributed by atoms with van der Waals surface area (Å²) in [5.74, 6) is 0.581. The minimum atomic E-state index is 0.298. The van der Waals surface area contributed by atoms with Crippen molar-refractivity contribution in [3.63, 3.8) is 0 Å². The van der Waals surface area contributed by atoms with E-state index in [2.05, 4.69) is 43.8 Å². The highest BCUT2D eigenvalue weighted by Gasteiger charge is 2.35. The van der Waals surface area contributed by atoms with Crippen molar-refractivity contribution in [3.8, 4) is 6.07 Å². The molecule has 1 aliphatic heterocycles. The van der Waals surface area contributed by atoms with Crippen molar-refractivity contribution >= 4 is 0 Å². The molecule has 1 heterocycles. The number of hydrogen-bond acceptors (Lipinski definition) is 3. The summed E-state index contributed by atoms with van der Waals surface area (Å²) >= 11 is 0. The first kappa shape index (κ1) is 14.5. The van der Waals surface area contributed by atoms with E-state index in [9.17, 15) is 0 Å². The molecule has 1 unspecified atom stereocenters. The highest BCUT2D eigenvalue weighted by atomic mass is 15.1. The maximum atomic E-state index is 8.85. The molecule has 1 aliphatic rings. The summed E-state index contributed by atoms with van der Waals surface area (Å²) in [5.41, 5.74) is 0.298. The maximum Gasteiger partial charge on any atom is 0.0624 e. The molecule has 0 amide bonds. The number of likely N-dealkylation sites (tertiary alicyclic amines) is 1. The fourth-order valence-corrected chi connectivity index (χ4v) is 2.80. The number of nitriles is 1. The summed E-state index contributed by atoms with van der Waals surface area (Å²) in [6.07, 6.45) is 3.15. The van der Waals surface area contributed by atoms with E-state index in [1.165, 1.54) is 32.5 Å². The van der Waals surface area contributed by atoms with Gasteiger partial charge in [0.2, 0.25) is 0 Å². The van der Waals surface area contributed by atoms with E-state index < -0.39 is 0 Å². The van der Waals surface area contributed by atoms with Gasteiger partial charge in [0.15, 0.2) is 0 Å². The highest BCUT2D eigenvalue weighted by Crippen LogP contribution is 2.36. The summed E-state index contributed by atoms with van der Waals surface area (Å²) < 4.78 is 0. The molecule has 3 heteroatoms. The summed E-state index contributed by atoms with van der Waals surface area (Å²) in [5, 5.41) is 8.85. The monoisotopic (exact) mass is 237 g/mol. The van der Waals surface area contributed by atoms with Crippen molar-refractivity contribution in [1.82, 2.24) is 9.80 Å². The predicted octanol–water partition coefficient (Wildman–Crippen LogP) is 2.20. The van der Waals surface area contributed by atoms with Crippen molar-refractivity contribution in [2.45, 2.75) is 33.1 Å². The van der Waals surface area contributed by atoms with Gasteiger partial charge in [0.25, 0.3) is 0 Å². The van der Waals surface area contributed by atoms with Crippen LogP contribution in [0, 0.1) is 22.7 Å². The van der Waals surface area contributed by atoms with Crippen molar-refractivity contribution in [3.05, 3.63) is 0 Å². The lowest BCUT2D eigenvalue weighted by Crippen LogP contribution is -2.46. The van der Waals surface area contributed by atoms with Gasteiger partial charge in [-0.2, -0.15) is 5.26 Å². The molecule has 1 atom stereocenters. The van der Waals surface area contributed by atoms with Gasteiger partial charge in [0.05, 0.1) is 6.07 Å². The second kappa shape index (κ2) is 6.37. The van der Waals surface area contributed by atoms with Crippen LogP contribution in [-0.4, -0.2) is 50.1 Å². The molecule has 0 aliphatic carbocycles. The third-order valence-corrected chi connectivity index (χ3v) is 3.95. The van der Waals surface area contributed by atoms with Crippen molar-refractivity contribution in [2.24, 2.45) is 11.3 Å². The third-order valence-electron chi connectivity index (χ3n) is 3.95. The van der Waals surface area contributed by atoms with Crippen LogP contribution in [0.25, 0.3) is 0 Å². The molecule has 1 fully saturated rings. The van der Waals surface area contributed by atoms with Crippen LogP contribution in [0.4, 0.5) is 0 Å². The molecule has 1 saturated heterocycles. The second-order valence-electron chi connectivity index (χ2n) is 6.27. The van der Waals surface area contributed by atoms with Gasteiger partial charge >= 0.3 is 0 Å². The van der Waals surface area contributed by atoms with Crippen LogP contribution in [0.2, 0.25) is 0 Å². The highest BCUT2D eigenvalue weighted by molar-refractivity contribution is 4.91. The van der Waals surface area contributed by atoms with E-state index in [1.807, 2.05) is 0 Å². The molecule has 0 N–H and O–H groups in total. The van der Waals surface area contributed by atoms with Gasteiger partial charge in [0, 0.05) is 13.0 Å². The lowest BCUT2D eigenvalue weighted by Gasteiger charge is -2.43. The molecule has 0 saturated carbocycles. The normalized spacial score (nSPS) is 24.8. The number of nitrogens with zero attached hydrogens (tertiary/aromatic N) is 3. The van der Waals surface area contributed by atoms with Crippen LogP contribution in [-0.2, 0) is 0 Å². The van der Waals surface area contributed by atoms with Gasteiger partial charge in [-0.15, -0.1) is 0 Å². The average molecular weight is 237 g/mol. The van der Waals surface area contributed by atoms with Gasteiger partial charge in [0.1, 0.15) is 0 Å². The third kappa shape index (κ3) is 4.65. The molecule has 0 radical (unpaired) electrons. The van der Waals surface area contributed by atoms with Crippen LogP contribution >= 0.6 is 0 Å². The first-order chi connectivity index (χ1) is 7.95. The minimum absolute atomic E-state index is 0.298. The number of rotatable bonds is 5. The van der Waals surface area contributed by atoms with Crippen LogP contribution in [0.3, 0.4) is 0 Å². The van der Waals surface area contributed by atoms with Gasteiger partial charge in [-0.05, 0) is 57.9 Å². The Labute approximate surface area is 106 Å². The molecule has 1 rings (SSSR count). The standard InChI is InChI=1S/C14H27N3/c1-14(2)12-17(10-5-9-16(3)4)11-7-13(14)6-8-15/h13H,5-7,9-12H2,1-4H3. The zero-order valence-electron chi connectivity index (χ0n) is 11.9. The Bertz CT molecular complexity index is 265. The van der Waals surface area contributed by atoms with E-state index in [0.717, 1.165) is 13.0 Å². The van der Waals surface area contributed by atoms with Crippen molar-refractivity contribution in [1.29, 1.82) is 5.26 Å². The Hall–Kier alpha value is -0.590. The largest absolute Gasteiger partial charge is 0.309 e. The van der Waals surface area contributed by atoms with Gasteiger partial charge in [-0.25, -0.2) is 0 Å². The van der Waals surface area contributed by atoms with Crippen LogP contribution in [0.5, 0.6) is 0 Å². The van der Waals surface area contributed by atoms with Crippen LogP contribution < -0.4 is 0 Å². The van der Waals surface area contributed by atoms with Gasteiger partial charge < -0.3 is 9.80 Å². The van der Waals surface area contributed by atoms with E-state index in [0.29, 0.717) is 11.3 Å². The fraction of sp³-hybridized carbons (Fsp3) is 0.929. The molecule has 0 aromatic heterocycles. The number of hydrogen-bond donors (Lipinski definition) is 0. The van der Waals surface area contributed by atoms with Gasteiger partial charge in [-0.1, -0.05) is 13.8 Å². The summed E-state index contributed by atoms with van der Waals surface area (Å²) in [4.78, 5) is 4.81. The van der Waals surface area contributed by atoms with E-state index in [-0.39, 0.29) is 0 Å². The first-order valence-corrected chi connectivity index (χ1v) is 6.70. The molecule has 98 valence electrons. The summed E-state index contributed by atoms with van der Waals surface area (Å²) in [6.45, 7) is 9.30. The predicted molar refractivity (Wildman–Crippen MR) is 71.7 cm³/mol. The van der Waals surface area contributed by atoms with Crippen molar-refractivity contribution < 1.29 is 0 Å². The Morgan fingerprint density at radius 3 is 2.65 bits per heavy atom. The molecule has 3 nitrogen and oxygen atoms in total. The Kier molecular flexibility index (Phi) is 5.42. The number of piperidine rings is 1. The van der Waals surface area contributed by atoms with E-state index in [4.69, 9.17) is 5.26 Å². The Morgan fingerprint density at radius 1 is 1.41 bits per heavy atom. The Morgan fingerprint density at radius 2 is 2.12 bits per heavy atom. The van der Waals surface area contributed by atoms with E-state index >= 15 is 0 Å². The summed E-state index contributed by atoms with van der Waals surface area (Å²) in [6, 6.07) is 2.34. The Balaban J connectivity index is 2.36. The first-order valence-electron chi connectivity index (χ1n) is 6.70. The zero-order chi connectivity index (χ0) is 12.9. The van der Waals surface area contributed by atoms with E-state index in [1.54, 1.807) is 0 Å². The zero-order valence-corrected chi connectivity index (χ0v) is 11.9. The fourth-order valence-electron chi connectivity index (χ4n) is 2.80. The average Bonchev–Trinajstić information content (AvgIpc) is 2.21.